The van der Waals surface area contributed by atoms with Gasteiger partial charge in [0.25, 0.3) is 5.91 Å². The van der Waals surface area contributed by atoms with Crippen LogP contribution in [0.5, 0.6) is 0 Å². The number of aliphatic hydroxyl groups is 1. The van der Waals surface area contributed by atoms with Crippen molar-refractivity contribution in [1.82, 2.24) is 15.4 Å². The molecule has 3 N–H and O–H groups in total. The molecule has 132 valence electrons. The summed E-state index contributed by atoms with van der Waals surface area (Å²) in [7, 11) is 0. The van der Waals surface area contributed by atoms with Gasteiger partial charge in [-0.2, -0.15) is 0 Å². The predicted octanol–water partition coefficient (Wildman–Crippen LogP) is 0.960. The number of hydrazine groups is 1. The van der Waals surface area contributed by atoms with Crippen LogP contribution in [0.15, 0.2) is 36.7 Å². The first-order valence-electron chi connectivity index (χ1n) is 7.55. The highest BCUT2D eigenvalue weighted by molar-refractivity contribution is 5.95. The fourth-order valence-electron chi connectivity index (χ4n) is 2.17. The molecule has 0 spiro atoms. The number of hydrogen-bond acceptors (Lipinski definition) is 8. The molecule has 1 amide bonds. The van der Waals surface area contributed by atoms with Gasteiger partial charge in [0.15, 0.2) is 0 Å². The van der Waals surface area contributed by atoms with Crippen molar-refractivity contribution in [2.45, 2.75) is 6.92 Å². The lowest BCUT2D eigenvalue weighted by molar-refractivity contribution is -0.383. The zero-order valence-corrected chi connectivity index (χ0v) is 13.5. The molecule has 2 rings (SSSR count). The van der Waals surface area contributed by atoms with Crippen molar-refractivity contribution in [3.05, 3.63) is 52.3 Å². The second-order valence-corrected chi connectivity index (χ2v) is 4.90. The topological polar surface area (TPSA) is 134 Å². The van der Waals surface area contributed by atoms with Crippen LogP contribution in [0.1, 0.15) is 17.3 Å². The fourth-order valence-corrected chi connectivity index (χ4v) is 2.17. The maximum absolute atomic E-state index is 12.0. The van der Waals surface area contributed by atoms with Gasteiger partial charge >= 0.3 is 5.69 Å². The highest BCUT2D eigenvalue weighted by Gasteiger charge is 2.26. The van der Waals surface area contributed by atoms with E-state index in [0.717, 1.165) is 6.33 Å². The van der Waals surface area contributed by atoms with E-state index in [0.29, 0.717) is 12.1 Å². The summed E-state index contributed by atoms with van der Waals surface area (Å²) in [5.41, 5.74) is 4.86. The van der Waals surface area contributed by atoms with Gasteiger partial charge in [0.1, 0.15) is 6.33 Å². The van der Waals surface area contributed by atoms with Gasteiger partial charge in [-0.15, -0.1) is 0 Å². The van der Waals surface area contributed by atoms with Gasteiger partial charge in [0, 0.05) is 18.7 Å². The average Bonchev–Trinajstić information content (AvgIpc) is 2.64. The Balaban J connectivity index is 2.25. The average molecular weight is 346 g/mol. The number of hydrogen-bond donors (Lipinski definition) is 3. The SMILES string of the molecule is CCN(CCO)c1ncnc(NNC(=O)c2ccccc2)c1[N+](=O)[O-]. The van der Waals surface area contributed by atoms with E-state index in [4.69, 9.17) is 5.11 Å². The molecule has 0 aliphatic rings. The van der Waals surface area contributed by atoms with Gasteiger partial charge in [-0.3, -0.25) is 25.8 Å². The first-order chi connectivity index (χ1) is 12.1. The van der Waals surface area contributed by atoms with Crippen molar-refractivity contribution < 1.29 is 14.8 Å². The summed E-state index contributed by atoms with van der Waals surface area (Å²) < 4.78 is 0. The molecule has 0 atom stereocenters. The second kappa shape index (κ2) is 8.55. The van der Waals surface area contributed by atoms with Crippen molar-refractivity contribution in [3.8, 4) is 0 Å². The third kappa shape index (κ3) is 4.38. The summed E-state index contributed by atoms with van der Waals surface area (Å²) in [5, 5.41) is 20.6. The second-order valence-electron chi connectivity index (χ2n) is 4.90. The van der Waals surface area contributed by atoms with Crippen molar-refractivity contribution in [2.75, 3.05) is 30.0 Å². The lowest BCUT2D eigenvalue weighted by atomic mass is 10.2. The number of carbonyl (C=O) groups excluding carboxylic acids is 1. The van der Waals surface area contributed by atoms with Gasteiger partial charge in [-0.05, 0) is 19.1 Å². The van der Waals surface area contributed by atoms with E-state index >= 15 is 0 Å². The Labute approximate surface area is 143 Å². The molecular formula is C15H18N6O4. The van der Waals surface area contributed by atoms with Gasteiger partial charge in [0.05, 0.1) is 11.5 Å². The van der Waals surface area contributed by atoms with E-state index < -0.39 is 10.8 Å². The Hall–Kier alpha value is -3.27. The number of amides is 1. The molecule has 0 bridgehead atoms. The van der Waals surface area contributed by atoms with Crippen LogP contribution in [0.4, 0.5) is 17.3 Å². The van der Waals surface area contributed by atoms with E-state index in [1.54, 1.807) is 42.2 Å². The maximum Gasteiger partial charge on any atom is 0.355 e. The molecule has 25 heavy (non-hydrogen) atoms. The molecule has 0 aliphatic carbocycles. The molecule has 0 aliphatic heterocycles. The summed E-state index contributed by atoms with van der Waals surface area (Å²) >= 11 is 0. The van der Waals surface area contributed by atoms with Crippen molar-refractivity contribution in [2.24, 2.45) is 0 Å². The molecular weight excluding hydrogens is 328 g/mol. The van der Waals surface area contributed by atoms with Gasteiger partial charge < -0.3 is 10.0 Å². The summed E-state index contributed by atoms with van der Waals surface area (Å²) in [6.07, 6.45) is 1.15. The van der Waals surface area contributed by atoms with Gasteiger partial charge in [-0.1, -0.05) is 18.2 Å². The summed E-state index contributed by atoms with van der Waals surface area (Å²) in [6.45, 7) is 2.20. The molecule has 0 fully saturated rings. The van der Waals surface area contributed by atoms with E-state index in [1.165, 1.54) is 0 Å². The summed E-state index contributed by atoms with van der Waals surface area (Å²) in [6, 6.07) is 8.39. The van der Waals surface area contributed by atoms with E-state index in [1.807, 2.05) is 0 Å². The third-order valence-electron chi connectivity index (χ3n) is 3.37. The Bertz CT molecular complexity index is 740. The van der Waals surface area contributed by atoms with Crippen LogP contribution in [-0.2, 0) is 0 Å². The van der Waals surface area contributed by atoms with Crippen LogP contribution in [-0.4, -0.2) is 45.6 Å². The van der Waals surface area contributed by atoms with Crippen molar-refractivity contribution >= 4 is 23.2 Å². The zero-order valence-electron chi connectivity index (χ0n) is 13.5. The first-order valence-corrected chi connectivity index (χ1v) is 7.55. The minimum absolute atomic E-state index is 0.0630. The summed E-state index contributed by atoms with van der Waals surface area (Å²) in [5.74, 6) is -0.540. The maximum atomic E-state index is 12.0. The number of rotatable bonds is 8. The number of carbonyl (C=O) groups is 1. The number of aromatic nitrogens is 2. The fraction of sp³-hybridized carbons (Fsp3) is 0.267. The standard InChI is InChI=1S/C15H18N6O4/c1-2-20(8-9-22)14-12(21(24)25)13(16-10-17-14)18-19-15(23)11-6-4-3-5-7-11/h3-7,10,22H,2,8-9H2,1H3,(H,19,23)(H,16,17,18). The molecule has 0 radical (unpaired) electrons. The Morgan fingerprint density at radius 2 is 2.04 bits per heavy atom. The Kier molecular flexibility index (Phi) is 6.18. The van der Waals surface area contributed by atoms with Crippen LogP contribution in [0.3, 0.4) is 0 Å². The molecule has 0 saturated carbocycles. The number of aliphatic hydroxyl groups excluding tert-OH is 1. The highest BCUT2D eigenvalue weighted by atomic mass is 16.6. The molecule has 1 heterocycles. The first kappa shape index (κ1) is 18.1. The quantitative estimate of drug-likeness (QED) is 0.475. The summed E-state index contributed by atoms with van der Waals surface area (Å²) in [4.78, 5) is 32.2. The van der Waals surface area contributed by atoms with Crippen LogP contribution < -0.4 is 15.8 Å². The van der Waals surface area contributed by atoms with Crippen LogP contribution in [0.2, 0.25) is 0 Å². The molecule has 0 saturated heterocycles. The van der Waals surface area contributed by atoms with Crippen LogP contribution in [0, 0.1) is 10.1 Å². The minimum Gasteiger partial charge on any atom is -0.395 e. The lowest BCUT2D eigenvalue weighted by Crippen LogP contribution is -2.31. The largest absolute Gasteiger partial charge is 0.395 e. The molecule has 10 heteroatoms. The Morgan fingerprint density at radius 3 is 2.64 bits per heavy atom. The smallest absolute Gasteiger partial charge is 0.355 e. The number of benzene rings is 1. The zero-order chi connectivity index (χ0) is 18.2. The number of anilines is 2. The lowest BCUT2D eigenvalue weighted by Gasteiger charge is -2.20. The number of nitro groups is 1. The number of likely N-dealkylation sites (N-methyl/N-ethyl adjacent to an activating group) is 1. The minimum atomic E-state index is -0.633. The number of nitrogens with one attached hydrogen (secondary N) is 2. The van der Waals surface area contributed by atoms with E-state index in [2.05, 4.69) is 20.8 Å². The highest BCUT2D eigenvalue weighted by Crippen LogP contribution is 2.31. The molecule has 10 nitrogen and oxygen atoms in total. The molecule has 0 unspecified atom stereocenters. The van der Waals surface area contributed by atoms with Crippen LogP contribution >= 0.6 is 0 Å². The predicted molar refractivity (Wildman–Crippen MR) is 91.2 cm³/mol. The van der Waals surface area contributed by atoms with Crippen molar-refractivity contribution in [1.29, 1.82) is 0 Å². The monoisotopic (exact) mass is 346 g/mol. The van der Waals surface area contributed by atoms with E-state index in [-0.39, 0.29) is 30.5 Å². The molecule has 2 aromatic rings. The molecule has 1 aromatic heterocycles. The Morgan fingerprint density at radius 1 is 1.32 bits per heavy atom. The third-order valence-corrected chi connectivity index (χ3v) is 3.37. The normalized spacial score (nSPS) is 10.2. The van der Waals surface area contributed by atoms with Gasteiger partial charge in [0.2, 0.25) is 11.6 Å². The van der Waals surface area contributed by atoms with Crippen molar-refractivity contribution in [3.63, 3.8) is 0 Å². The van der Waals surface area contributed by atoms with Gasteiger partial charge in [-0.25, -0.2) is 9.97 Å². The molecule has 1 aromatic carbocycles. The number of nitrogens with zero attached hydrogens (tertiary/aromatic N) is 4. The van der Waals surface area contributed by atoms with Crippen LogP contribution in [0.25, 0.3) is 0 Å². The van der Waals surface area contributed by atoms with E-state index in [9.17, 15) is 14.9 Å².